The van der Waals surface area contributed by atoms with Crippen molar-refractivity contribution < 1.29 is 28.7 Å². The highest BCUT2D eigenvalue weighted by Gasteiger charge is 2.27. The average Bonchev–Trinajstić information content (AvgIpc) is 3.03. The molecule has 8 nitrogen and oxygen atoms in total. The summed E-state index contributed by atoms with van der Waals surface area (Å²) in [6.07, 6.45) is 0.947. The number of likely N-dealkylation sites (tertiary alicyclic amines) is 1. The van der Waals surface area contributed by atoms with E-state index in [1.807, 2.05) is 0 Å². The molecule has 3 amide bonds. The van der Waals surface area contributed by atoms with Gasteiger partial charge in [0.2, 0.25) is 5.91 Å². The topological polar surface area (TPSA) is 102 Å². The zero-order valence-corrected chi connectivity index (χ0v) is 13.2. The minimum Gasteiger partial charge on any atom is -0.496 e. The summed E-state index contributed by atoms with van der Waals surface area (Å²) in [5.74, 6) is -1.70. The van der Waals surface area contributed by atoms with Crippen molar-refractivity contribution >= 4 is 23.7 Å². The minimum atomic E-state index is -0.766. The standard InChI is InChI=1S/C16H18N2O6/c1-23-12-6-3-2-5-11(12)16(22)17-9-15(21)24-10-14(20)18-8-4-7-13(18)19/h2-3,5-6H,4,7-10H2,1H3,(H,17,22). The Balaban J connectivity index is 1.77. The van der Waals surface area contributed by atoms with Gasteiger partial charge in [-0.3, -0.25) is 24.1 Å². The number of hydrogen-bond acceptors (Lipinski definition) is 6. The van der Waals surface area contributed by atoms with Crippen molar-refractivity contribution in [2.24, 2.45) is 0 Å². The molecule has 8 heteroatoms. The van der Waals surface area contributed by atoms with E-state index in [2.05, 4.69) is 5.32 Å². The van der Waals surface area contributed by atoms with Crippen molar-refractivity contribution in [3.63, 3.8) is 0 Å². The summed E-state index contributed by atoms with van der Waals surface area (Å²) < 4.78 is 9.84. The molecule has 1 aromatic rings. The Hall–Kier alpha value is -2.90. The van der Waals surface area contributed by atoms with Gasteiger partial charge in [0.25, 0.3) is 11.8 Å². The highest BCUT2D eigenvalue weighted by molar-refractivity contribution is 5.99. The van der Waals surface area contributed by atoms with Crippen LogP contribution in [0.15, 0.2) is 24.3 Å². The van der Waals surface area contributed by atoms with E-state index in [0.29, 0.717) is 25.1 Å². The van der Waals surface area contributed by atoms with E-state index in [-0.39, 0.29) is 11.5 Å². The summed E-state index contributed by atoms with van der Waals surface area (Å²) >= 11 is 0. The molecule has 128 valence electrons. The molecule has 2 rings (SSSR count). The lowest BCUT2D eigenvalue weighted by Gasteiger charge is -2.13. The number of rotatable bonds is 6. The quantitative estimate of drug-likeness (QED) is 0.741. The first-order valence-corrected chi connectivity index (χ1v) is 7.43. The summed E-state index contributed by atoms with van der Waals surface area (Å²) in [5, 5.41) is 2.39. The van der Waals surface area contributed by atoms with Gasteiger partial charge in [-0.25, -0.2) is 0 Å². The van der Waals surface area contributed by atoms with Gasteiger partial charge in [-0.1, -0.05) is 12.1 Å². The van der Waals surface area contributed by atoms with E-state index in [0.717, 1.165) is 4.90 Å². The second-order valence-electron chi connectivity index (χ2n) is 5.09. The molecule has 0 spiro atoms. The largest absolute Gasteiger partial charge is 0.496 e. The predicted octanol–water partition coefficient (Wildman–Crippen LogP) is 0.117. The van der Waals surface area contributed by atoms with Crippen molar-refractivity contribution in [3.8, 4) is 5.75 Å². The molecule has 0 unspecified atom stereocenters. The normalized spacial score (nSPS) is 13.5. The number of ether oxygens (including phenoxy) is 2. The van der Waals surface area contributed by atoms with Gasteiger partial charge in [0.1, 0.15) is 12.3 Å². The first-order valence-electron chi connectivity index (χ1n) is 7.43. The Bertz CT molecular complexity index is 658. The third-order valence-electron chi connectivity index (χ3n) is 3.48. The van der Waals surface area contributed by atoms with E-state index < -0.39 is 30.9 Å². The highest BCUT2D eigenvalue weighted by Crippen LogP contribution is 2.16. The Morgan fingerprint density at radius 2 is 2.00 bits per heavy atom. The second kappa shape index (κ2) is 8.09. The summed E-state index contributed by atoms with van der Waals surface area (Å²) in [6.45, 7) is -0.563. The molecule has 0 saturated carbocycles. The second-order valence-corrected chi connectivity index (χ2v) is 5.09. The molecule has 1 N–H and O–H groups in total. The van der Waals surface area contributed by atoms with Crippen LogP contribution >= 0.6 is 0 Å². The van der Waals surface area contributed by atoms with Gasteiger partial charge in [0.05, 0.1) is 12.7 Å². The number of nitrogens with one attached hydrogen (secondary N) is 1. The van der Waals surface area contributed by atoms with Crippen molar-refractivity contribution in [1.82, 2.24) is 10.2 Å². The molecular formula is C16H18N2O6. The smallest absolute Gasteiger partial charge is 0.325 e. The summed E-state index contributed by atoms with van der Waals surface area (Å²) in [6, 6.07) is 6.57. The Labute approximate surface area is 138 Å². The van der Waals surface area contributed by atoms with Crippen LogP contribution in [0.3, 0.4) is 0 Å². The van der Waals surface area contributed by atoms with Gasteiger partial charge in [-0.15, -0.1) is 0 Å². The van der Waals surface area contributed by atoms with Crippen LogP contribution in [0.1, 0.15) is 23.2 Å². The van der Waals surface area contributed by atoms with Crippen LogP contribution in [-0.2, 0) is 19.1 Å². The maximum absolute atomic E-state index is 12.0. The third-order valence-corrected chi connectivity index (χ3v) is 3.48. The molecule has 0 radical (unpaired) electrons. The number of carbonyl (C=O) groups excluding carboxylic acids is 4. The van der Waals surface area contributed by atoms with Gasteiger partial charge >= 0.3 is 5.97 Å². The fraction of sp³-hybridized carbons (Fsp3) is 0.375. The van der Waals surface area contributed by atoms with E-state index in [1.54, 1.807) is 24.3 Å². The molecule has 1 saturated heterocycles. The summed E-state index contributed by atoms with van der Waals surface area (Å²) in [7, 11) is 1.44. The number of benzene rings is 1. The van der Waals surface area contributed by atoms with Crippen LogP contribution in [0, 0.1) is 0 Å². The zero-order chi connectivity index (χ0) is 17.5. The highest BCUT2D eigenvalue weighted by atomic mass is 16.5. The molecule has 1 aliphatic heterocycles. The van der Waals surface area contributed by atoms with Gasteiger partial charge in [0.15, 0.2) is 6.61 Å². The van der Waals surface area contributed by atoms with Crippen LogP contribution in [0.2, 0.25) is 0 Å². The molecule has 1 fully saturated rings. The third kappa shape index (κ3) is 4.31. The van der Waals surface area contributed by atoms with Crippen LogP contribution in [0.4, 0.5) is 0 Å². The first-order chi connectivity index (χ1) is 11.5. The number of hydrogen-bond donors (Lipinski definition) is 1. The van der Waals surface area contributed by atoms with Crippen LogP contribution in [0.25, 0.3) is 0 Å². The number of amides is 3. The Morgan fingerprint density at radius 1 is 1.25 bits per heavy atom. The molecule has 1 heterocycles. The molecular weight excluding hydrogens is 316 g/mol. The van der Waals surface area contributed by atoms with Crippen molar-refractivity contribution in [2.45, 2.75) is 12.8 Å². The summed E-state index contributed by atoms with van der Waals surface area (Å²) in [5.41, 5.74) is 0.284. The number of carbonyl (C=O) groups is 4. The number of esters is 1. The molecule has 1 aliphatic rings. The number of nitrogens with zero attached hydrogens (tertiary/aromatic N) is 1. The van der Waals surface area contributed by atoms with Crippen molar-refractivity contribution in [2.75, 3.05) is 26.8 Å². The van der Waals surface area contributed by atoms with E-state index in [4.69, 9.17) is 9.47 Å². The van der Waals surface area contributed by atoms with E-state index in [9.17, 15) is 19.2 Å². The van der Waals surface area contributed by atoms with Gasteiger partial charge in [-0.2, -0.15) is 0 Å². The summed E-state index contributed by atoms with van der Waals surface area (Å²) in [4.78, 5) is 47.8. The molecule has 0 atom stereocenters. The van der Waals surface area contributed by atoms with Gasteiger partial charge < -0.3 is 14.8 Å². The predicted molar refractivity (Wildman–Crippen MR) is 82.2 cm³/mol. The van der Waals surface area contributed by atoms with E-state index >= 15 is 0 Å². The molecule has 0 aromatic heterocycles. The molecule has 24 heavy (non-hydrogen) atoms. The molecule has 0 bridgehead atoms. The zero-order valence-electron chi connectivity index (χ0n) is 13.2. The number of methoxy groups -OCH3 is 1. The van der Waals surface area contributed by atoms with Crippen molar-refractivity contribution in [3.05, 3.63) is 29.8 Å². The van der Waals surface area contributed by atoms with E-state index in [1.165, 1.54) is 7.11 Å². The molecule has 1 aromatic carbocycles. The number of para-hydroxylation sites is 1. The maximum atomic E-state index is 12.0. The monoisotopic (exact) mass is 334 g/mol. The molecule has 0 aliphatic carbocycles. The SMILES string of the molecule is COc1ccccc1C(=O)NCC(=O)OCC(=O)N1CCCC1=O. The van der Waals surface area contributed by atoms with Crippen LogP contribution < -0.4 is 10.1 Å². The lowest BCUT2D eigenvalue weighted by atomic mass is 10.2. The van der Waals surface area contributed by atoms with Crippen molar-refractivity contribution in [1.29, 1.82) is 0 Å². The van der Waals surface area contributed by atoms with Crippen LogP contribution in [0.5, 0.6) is 5.75 Å². The first kappa shape index (κ1) is 17.5. The lowest BCUT2D eigenvalue weighted by Crippen LogP contribution is -2.37. The minimum absolute atomic E-state index is 0.263. The Morgan fingerprint density at radius 3 is 2.67 bits per heavy atom. The average molecular weight is 334 g/mol. The fourth-order valence-corrected chi connectivity index (χ4v) is 2.26. The van der Waals surface area contributed by atoms with Crippen LogP contribution in [-0.4, -0.2) is 55.4 Å². The number of imide groups is 1. The van der Waals surface area contributed by atoms with Gasteiger partial charge in [0, 0.05) is 13.0 Å². The maximum Gasteiger partial charge on any atom is 0.325 e. The lowest BCUT2D eigenvalue weighted by molar-refractivity contribution is -0.154. The Kier molecular flexibility index (Phi) is 5.89. The van der Waals surface area contributed by atoms with Gasteiger partial charge in [-0.05, 0) is 18.6 Å². The fourth-order valence-electron chi connectivity index (χ4n) is 2.26.